The van der Waals surface area contributed by atoms with Crippen molar-refractivity contribution < 1.29 is 13.7 Å². The average molecular weight is 412 g/mol. The SMILES string of the molecule is CN(C)Cc1c(COc2ccc(F)cc2)ccc2c(CCC3CCNCC3)noc12. The zero-order valence-corrected chi connectivity index (χ0v) is 17.8. The summed E-state index contributed by atoms with van der Waals surface area (Å²) in [4.78, 5) is 2.12. The van der Waals surface area contributed by atoms with Crippen LogP contribution in [0.2, 0.25) is 0 Å². The molecule has 2 heterocycles. The van der Waals surface area contributed by atoms with Gasteiger partial charge >= 0.3 is 0 Å². The summed E-state index contributed by atoms with van der Waals surface area (Å²) in [5.41, 5.74) is 4.06. The van der Waals surface area contributed by atoms with Crippen LogP contribution in [-0.2, 0) is 19.6 Å². The molecule has 0 unspecified atom stereocenters. The molecule has 1 N–H and O–H groups in total. The summed E-state index contributed by atoms with van der Waals surface area (Å²) in [5.74, 6) is 1.14. The lowest BCUT2D eigenvalue weighted by Gasteiger charge is -2.21. The first kappa shape index (κ1) is 20.8. The normalized spacial score (nSPS) is 15.2. The second kappa shape index (κ2) is 9.58. The molecule has 5 nitrogen and oxygen atoms in total. The molecule has 1 aromatic heterocycles. The van der Waals surface area contributed by atoms with E-state index in [2.05, 4.69) is 27.5 Å². The summed E-state index contributed by atoms with van der Waals surface area (Å²) in [6.07, 6.45) is 4.59. The highest BCUT2D eigenvalue weighted by Crippen LogP contribution is 2.29. The molecule has 2 aromatic carbocycles. The van der Waals surface area contributed by atoms with Crippen LogP contribution in [0.4, 0.5) is 4.39 Å². The maximum atomic E-state index is 13.1. The minimum Gasteiger partial charge on any atom is -0.489 e. The average Bonchev–Trinajstić information content (AvgIpc) is 3.17. The number of nitrogens with zero attached hydrogens (tertiary/aromatic N) is 2. The summed E-state index contributed by atoms with van der Waals surface area (Å²) in [6, 6.07) is 10.3. The Morgan fingerprint density at radius 2 is 1.90 bits per heavy atom. The van der Waals surface area contributed by atoms with E-state index >= 15 is 0 Å². The molecule has 0 spiro atoms. The van der Waals surface area contributed by atoms with Crippen LogP contribution in [0.5, 0.6) is 5.75 Å². The Balaban J connectivity index is 1.53. The number of hydrogen-bond donors (Lipinski definition) is 1. The van der Waals surface area contributed by atoms with Crippen LogP contribution in [0.3, 0.4) is 0 Å². The topological polar surface area (TPSA) is 50.5 Å². The van der Waals surface area contributed by atoms with E-state index in [1.54, 1.807) is 12.1 Å². The van der Waals surface area contributed by atoms with Crippen LogP contribution < -0.4 is 10.1 Å². The number of halogens is 1. The van der Waals surface area contributed by atoms with Gasteiger partial charge in [-0.1, -0.05) is 11.2 Å². The highest BCUT2D eigenvalue weighted by molar-refractivity contribution is 5.83. The predicted molar refractivity (Wildman–Crippen MR) is 116 cm³/mol. The van der Waals surface area contributed by atoms with Gasteiger partial charge in [-0.25, -0.2) is 4.39 Å². The summed E-state index contributed by atoms with van der Waals surface area (Å²) in [6.45, 7) is 3.38. The highest BCUT2D eigenvalue weighted by atomic mass is 19.1. The van der Waals surface area contributed by atoms with Gasteiger partial charge in [-0.2, -0.15) is 0 Å². The quantitative estimate of drug-likeness (QED) is 0.590. The smallest absolute Gasteiger partial charge is 0.172 e. The summed E-state index contributed by atoms with van der Waals surface area (Å²) in [5, 5.41) is 8.95. The van der Waals surface area contributed by atoms with Gasteiger partial charge in [0.15, 0.2) is 5.58 Å². The van der Waals surface area contributed by atoms with Gasteiger partial charge in [0.2, 0.25) is 0 Å². The first-order chi connectivity index (χ1) is 14.6. The molecular weight excluding hydrogens is 381 g/mol. The first-order valence-corrected chi connectivity index (χ1v) is 10.7. The van der Waals surface area contributed by atoms with Gasteiger partial charge in [-0.05, 0) is 94.7 Å². The fourth-order valence-corrected chi connectivity index (χ4v) is 4.16. The Labute approximate surface area is 177 Å². The third kappa shape index (κ3) is 4.99. The Morgan fingerprint density at radius 1 is 1.13 bits per heavy atom. The van der Waals surface area contributed by atoms with Crippen molar-refractivity contribution in [3.05, 3.63) is 59.0 Å². The zero-order chi connectivity index (χ0) is 20.9. The molecule has 1 aliphatic heterocycles. The van der Waals surface area contributed by atoms with E-state index < -0.39 is 0 Å². The molecule has 0 bridgehead atoms. The highest BCUT2D eigenvalue weighted by Gasteiger charge is 2.19. The van der Waals surface area contributed by atoms with Gasteiger partial charge in [0.25, 0.3) is 0 Å². The number of aromatic nitrogens is 1. The number of piperidine rings is 1. The van der Waals surface area contributed by atoms with E-state index in [0.29, 0.717) is 12.4 Å². The van der Waals surface area contributed by atoms with Gasteiger partial charge in [-0.15, -0.1) is 0 Å². The van der Waals surface area contributed by atoms with E-state index in [4.69, 9.17) is 9.26 Å². The fraction of sp³-hybridized carbons (Fsp3) is 0.458. The first-order valence-electron chi connectivity index (χ1n) is 10.7. The van der Waals surface area contributed by atoms with Crippen molar-refractivity contribution in [1.29, 1.82) is 0 Å². The molecule has 3 aromatic rings. The fourth-order valence-electron chi connectivity index (χ4n) is 4.16. The molecule has 1 saturated heterocycles. The van der Waals surface area contributed by atoms with E-state index in [-0.39, 0.29) is 5.82 Å². The van der Waals surface area contributed by atoms with Gasteiger partial charge in [-0.3, -0.25) is 0 Å². The molecule has 0 atom stereocenters. The van der Waals surface area contributed by atoms with E-state index in [1.807, 2.05) is 14.1 Å². The Morgan fingerprint density at radius 3 is 2.63 bits per heavy atom. The molecule has 1 fully saturated rings. The van der Waals surface area contributed by atoms with Crippen molar-refractivity contribution in [2.75, 3.05) is 27.2 Å². The molecule has 30 heavy (non-hydrogen) atoms. The standard InChI is InChI=1S/C24H30FN3O2/c1-28(2)15-22-18(16-29-20-7-5-19(25)6-8-20)4-9-21-23(27-30-24(21)22)10-3-17-11-13-26-14-12-17/h4-9,17,26H,3,10-16H2,1-2H3. The molecule has 0 amide bonds. The number of benzene rings is 2. The largest absolute Gasteiger partial charge is 0.489 e. The molecule has 1 aliphatic rings. The van der Waals surface area contributed by atoms with Crippen LogP contribution in [0, 0.1) is 11.7 Å². The minimum atomic E-state index is -0.268. The molecular formula is C24H30FN3O2. The molecule has 4 rings (SSSR count). The number of fused-ring (bicyclic) bond motifs is 1. The molecule has 0 saturated carbocycles. The number of nitrogens with one attached hydrogen (secondary N) is 1. The molecule has 6 heteroatoms. The van der Waals surface area contributed by atoms with Crippen molar-refractivity contribution in [3.63, 3.8) is 0 Å². The molecule has 0 radical (unpaired) electrons. The Kier molecular flexibility index (Phi) is 6.65. The number of aryl methyl sites for hydroxylation is 1. The van der Waals surface area contributed by atoms with Crippen LogP contribution in [-0.4, -0.2) is 37.2 Å². The number of rotatable bonds is 8. The summed E-state index contributed by atoms with van der Waals surface area (Å²) in [7, 11) is 4.08. The van der Waals surface area contributed by atoms with Crippen molar-refractivity contribution in [2.45, 2.75) is 38.8 Å². The van der Waals surface area contributed by atoms with Crippen molar-refractivity contribution in [3.8, 4) is 5.75 Å². The third-order valence-electron chi connectivity index (χ3n) is 5.85. The van der Waals surface area contributed by atoms with Crippen LogP contribution >= 0.6 is 0 Å². The lowest BCUT2D eigenvalue weighted by molar-refractivity contribution is 0.301. The van der Waals surface area contributed by atoms with Gasteiger partial charge in [0.05, 0.1) is 5.69 Å². The summed E-state index contributed by atoms with van der Waals surface area (Å²) < 4.78 is 24.9. The van der Waals surface area contributed by atoms with Crippen molar-refractivity contribution >= 4 is 11.0 Å². The predicted octanol–water partition coefficient (Wildman–Crippen LogP) is 4.54. The third-order valence-corrected chi connectivity index (χ3v) is 5.85. The van der Waals surface area contributed by atoms with Gasteiger partial charge in [0, 0.05) is 17.5 Å². The second-order valence-electron chi connectivity index (χ2n) is 8.42. The lowest BCUT2D eigenvalue weighted by Crippen LogP contribution is -2.27. The van der Waals surface area contributed by atoms with Crippen LogP contribution in [0.25, 0.3) is 11.0 Å². The minimum absolute atomic E-state index is 0.268. The lowest BCUT2D eigenvalue weighted by atomic mass is 9.92. The van der Waals surface area contributed by atoms with Crippen molar-refractivity contribution in [1.82, 2.24) is 15.4 Å². The van der Waals surface area contributed by atoms with E-state index in [1.165, 1.54) is 25.0 Å². The Hall–Kier alpha value is -2.44. The molecule has 160 valence electrons. The summed E-state index contributed by atoms with van der Waals surface area (Å²) >= 11 is 0. The maximum Gasteiger partial charge on any atom is 0.172 e. The second-order valence-corrected chi connectivity index (χ2v) is 8.42. The number of ether oxygens (including phenoxy) is 1. The van der Waals surface area contributed by atoms with E-state index in [0.717, 1.165) is 66.2 Å². The Bertz CT molecular complexity index is 962. The maximum absolute atomic E-state index is 13.1. The van der Waals surface area contributed by atoms with Gasteiger partial charge in [0.1, 0.15) is 18.2 Å². The van der Waals surface area contributed by atoms with Gasteiger partial charge < -0.3 is 19.5 Å². The monoisotopic (exact) mass is 411 g/mol. The molecule has 0 aliphatic carbocycles. The zero-order valence-electron chi connectivity index (χ0n) is 17.8. The van der Waals surface area contributed by atoms with Crippen LogP contribution in [0.15, 0.2) is 40.9 Å². The van der Waals surface area contributed by atoms with Crippen molar-refractivity contribution in [2.24, 2.45) is 5.92 Å². The van der Waals surface area contributed by atoms with E-state index in [9.17, 15) is 4.39 Å². The number of hydrogen-bond acceptors (Lipinski definition) is 5. The van der Waals surface area contributed by atoms with Crippen LogP contribution in [0.1, 0.15) is 36.1 Å².